The van der Waals surface area contributed by atoms with Gasteiger partial charge in [0.1, 0.15) is 0 Å². The van der Waals surface area contributed by atoms with Crippen molar-refractivity contribution in [2.24, 2.45) is 11.7 Å². The summed E-state index contributed by atoms with van der Waals surface area (Å²) in [7, 11) is 0. The Labute approximate surface area is 212 Å². The van der Waals surface area contributed by atoms with E-state index in [-0.39, 0.29) is 11.8 Å². The average molecular weight is 470 g/mol. The van der Waals surface area contributed by atoms with Gasteiger partial charge in [-0.3, -0.25) is 4.79 Å². The summed E-state index contributed by atoms with van der Waals surface area (Å²) in [5, 5.41) is 0. The lowest BCUT2D eigenvalue weighted by atomic mass is 9.97. The van der Waals surface area contributed by atoms with Crippen LogP contribution in [-0.4, -0.2) is 5.91 Å². The highest BCUT2D eigenvalue weighted by Crippen LogP contribution is 2.16. The summed E-state index contributed by atoms with van der Waals surface area (Å²) >= 11 is 0. The van der Waals surface area contributed by atoms with Gasteiger partial charge in [-0.1, -0.05) is 139 Å². The highest BCUT2D eigenvalue weighted by Gasteiger charge is 2.11. The highest BCUT2D eigenvalue weighted by molar-refractivity contribution is 5.76. The maximum Gasteiger partial charge on any atom is 0.220 e. The predicted molar refractivity (Wildman–Crippen MR) is 153 cm³/mol. The first-order valence-electron chi connectivity index (χ1n) is 14.3. The van der Waals surface area contributed by atoms with Gasteiger partial charge in [-0.15, -0.1) is 0 Å². The quantitative estimate of drug-likeness (QED) is 0.0852. The lowest BCUT2D eigenvalue weighted by Crippen LogP contribution is -2.22. The number of nitrogens with two attached hydrogens (primary N) is 1. The van der Waals surface area contributed by atoms with E-state index < -0.39 is 0 Å². The molecule has 0 saturated carbocycles. The molecule has 0 aromatic rings. The fraction of sp³-hybridized carbons (Fsp3) is 0.656. The first-order valence-corrected chi connectivity index (χ1v) is 14.3. The molecule has 2 N–H and O–H groups in total. The van der Waals surface area contributed by atoms with Gasteiger partial charge in [-0.25, -0.2) is 0 Å². The van der Waals surface area contributed by atoms with Crippen molar-refractivity contribution in [2.45, 2.75) is 129 Å². The molecule has 2 nitrogen and oxygen atoms in total. The van der Waals surface area contributed by atoms with Gasteiger partial charge in [-0.2, -0.15) is 0 Å². The Morgan fingerprint density at radius 3 is 1.53 bits per heavy atom. The van der Waals surface area contributed by atoms with Gasteiger partial charge in [0.05, 0.1) is 0 Å². The van der Waals surface area contributed by atoms with Gasteiger partial charge < -0.3 is 5.73 Å². The molecule has 0 aliphatic heterocycles. The molecule has 0 fully saturated rings. The summed E-state index contributed by atoms with van der Waals surface area (Å²) < 4.78 is 0. The van der Waals surface area contributed by atoms with Crippen molar-refractivity contribution in [3.63, 3.8) is 0 Å². The second-order valence-corrected chi connectivity index (χ2v) is 9.41. The van der Waals surface area contributed by atoms with Crippen LogP contribution in [0.4, 0.5) is 0 Å². The lowest BCUT2D eigenvalue weighted by Gasteiger charge is -2.09. The molecule has 0 rings (SSSR count). The Morgan fingerprint density at radius 1 is 0.559 bits per heavy atom. The Bertz CT molecular complexity index is 582. The van der Waals surface area contributed by atoms with E-state index in [2.05, 4.69) is 74.6 Å². The van der Waals surface area contributed by atoms with Crippen molar-refractivity contribution in [3.8, 4) is 0 Å². The van der Waals surface area contributed by atoms with Gasteiger partial charge in [0.15, 0.2) is 0 Å². The molecule has 0 saturated heterocycles. The second-order valence-electron chi connectivity index (χ2n) is 9.41. The molecule has 1 atom stereocenters. The van der Waals surface area contributed by atoms with Crippen LogP contribution in [0.3, 0.4) is 0 Å². The molecule has 2 heteroatoms. The molecule has 0 radical (unpaired) electrons. The lowest BCUT2D eigenvalue weighted by molar-refractivity contribution is -0.122. The smallest absolute Gasteiger partial charge is 0.220 e. The molecule has 194 valence electrons. The molecule has 1 amide bonds. The SMILES string of the molecule is CC/C=C/C=C/C=C/C=C/CCC/C=C/CCCCCCCCCCCCCC(CC)C(N)=O. The van der Waals surface area contributed by atoms with Crippen LogP contribution < -0.4 is 5.73 Å². The van der Waals surface area contributed by atoms with Crippen LogP contribution >= 0.6 is 0 Å². The minimum atomic E-state index is -0.120. The molecular formula is C32H55NO. The summed E-state index contributed by atoms with van der Waals surface area (Å²) in [6, 6.07) is 0. The maximum absolute atomic E-state index is 11.2. The van der Waals surface area contributed by atoms with Gasteiger partial charge in [0, 0.05) is 5.92 Å². The van der Waals surface area contributed by atoms with Crippen LogP contribution in [0, 0.1) is 5.92 Å². The zero-order valence-electron chi connectivity index (χ0n) is 22.6. The van der Waals surface area contributed by atoms with Crippen LogP contribution in [0.15, 0.2) is 60.8 Å². The van der Waals surface area contributed by atoms with Gasteiger partial charge in [-0.05, 0) is 51.4 Å². The van der Waals surface area contributed by atoms with Crippen LogP contribution in [0.2, 0.25) is 0 Å². The first-order chi connectivity index (χ1) is 16.7. The molecular weight excluding hydrogens is 414 g/mol. The molecule has 34 heavy (non-hydrogen) atoms. The van der Waals surface area contributed by atoms with Gasteiger partial charge in [0.2, 0.25) is 5.91 Å². The van der Waals surface area contributed by atoms with Crippen LogP contribution in [-0.2, 0) is 4.79 Å². The number of rotatable bonds is 24. The number of unbranched alkanes of at least 4 members (excludes halogenated alkanes) is 13. The van der Waals surface area contributed by atoms with Gasteiger partial charge >= 0.3 is 0 Å². The van der Waals surface area contributed by atoms with Crippen LogP contribution in [0.25, 0.3) is 0 Å². The van der Waals surface area contributed by atoms with Gasteiger partial charge in [0.25, 0.3) is 0 Å². The third-order valence-electron chi connectivity index (χ3n) is 6.29. The number of carbonyl (C=O) groups is 1. The van der Waals surface area contributed by atoms with E-state index in [0.717, 1.165) is 32.1 Å². The molecule has 0 spiro atoms. The predicted octanol–water partition coefficient (Wildman–Crippen LogP) is 9.93. The van der Waals surface area contributed by atoms with E-state index in [1.807, 2.05) is 0 Å². The topological polar surface area (TPSA) is 43.1 Å². The standard InChI is InChI=1S/C32H55NO/c1-3-5-6-7-8-9-10-11-12-13-14-15-16-17-18-19-20-21-22-23-24-25-26-27-28-29-30-31(4-2)32(33)34/h5-12,16-17,31H,3-4,13-15,18-30H2,1-2H3,(H2,33,34)/b6-5+,8-7+,10-9+,12-11+,17-16+. The Balaban J connectivity index is 3.32. The summed E-state index contributed by atoms with van der Waals surface area (Å²) in [4.78, 5) is 11.2. The monoisotopic (exact) mass is 469 g/mol. The Kier molecular flexibility index (Phi) is 25.9. The number of hydrogen-bond donors (Lipinski definition) is 1. The van der Waals surface area contributed by atoms with E-state index in [9.17, 15) is 4.79 Å². The van der Waals surface area contributed by atoms with Crippen molar-refractivity contribution >= 4 is 5.91 Å². The van der Waals surface area contributed by atoms with Crippen molar-refractivity contribution in [1.29, 1.82) is 0 Å². The highest BCUT2D eigenvalue weighted by atomic mass is 16.1. The third kappa shape index (κ3) is 24.8. The first kappa shape index (κ1) is 32.2. The normalized spacial score (nSPS) is 13.5. The molecule has 1 unspecified atom stereocenters. The van der Waals surface area contributed by atoms with E-state index in [0.29, 0.717) is 0 Å². The fourth-order valence-corrected chi connectivity index (χ4v) is 4.03. The maximum atomic E-state index is 11.2. The number of hydrogen-bond acceptors (Lipinski definition) is 1. The molecule has 0 heterocycles. The van der Waals surface area contributed by atoms with E-state index in [1.54, 1.807) is 0 Å². The average Bonchev–Trinajstić information content (AvgIpc) is 2.83. The van der Waals surface area contributed by atoms with E-state index in [4.69, 9.17) is 5.73 Å². The number of carbonyl (C=O) groups excluding carboxylic acids is 1. The number of primary amides is 1. The third-order valence-corrected chi connectivity index (χ3v) is 6.29. The zero-order chi connectivity index (χ0) is 25.0. The minimum Gasteiger partial charge on any atom is -0.369 e. The van der Waals surface area contributed by atoms with Crippen molar-refractivity contribution in [3.05, 3.63) is 60.8 Å². The second kappa shape index (κ2) is 27.4. The van der Waals surface area contributed by atoms with Crippen LogP contribution in [0.5, 0.6) is 0 Å². The zero-order valence-corrected chi connectivity index (χ0v) is 22.6. The summed E-state index contributed by atoms with van der Waals surface area (Å²) in [6.07, 6.45) is 44.2. The number of amides is 1. The molecule has 0 aliphatic rings. The molecule has 0 aromatic carbocycles. The van der Waals surface area contributed by atoms with Crippen molar-refractivity contribution in [1.82, 2.24) is 0 Å². The van der Waals surface area contributed by atoms with Crippen LogP contribution in [0.1, 0.15) is 129 Å². The molecule has 0 aliphatic carbocycles. The van der Waals surface area contributed by atoms with E-state index >= 15 is 0 Å². The molecule has 0 bridgehead atoms. The number of allylic oxidation sites excluding steroid dienone is 10. The fourth-order valence-electron chi connectivity index (χ4n) is 4.03. The van der Waals surface area contributed by atoms with Crippen molar-refractivity contribution in [2.75, 3.05) is 0 Å². The summed E-state index contributed by atoms with van der Waals surface area (Å²) in [5.74, 6) is -0.0254. The largest absolute Gasteiger partial charge is 0.369 e. The Hall–Kier alpha value is -1.83. The van der Waals surface area contributed by atoms with E-state index in [1.165, 1.54) is 83.5 Å². The minimum absolute atomic E-state index is 0.0943. The summed E-state index contributed by atoms with van der Waals surface area (Å²) in [6.45, 7) is 4.20. The van der Waals surface area contributed by atoms with Crippen molar-refractivity contribution < 1.29 is 4.79 Å². The Morgan fingerprint density at radius 2 is 1.00 bits per heavy atom. The molecule has 0 aromatic heterocycles. The summed E-state index contributed by atoms with van der Waals surface area (Å²) in [5.41, 5.74) is 5.40.